The second-order valence-electron chi connectivity index (χ2n) is 5.32. The number of alkyl halides is 2. The van der Waals surface area contributed by atoms with E-state index in [2.05, 4.69) is 5.32 Å². The molecule has 16 heavy (non-hydrogen) atoms. The lowest BCUT2D eigenvalue weighted by Crippen LogP contribution is -2.66. The summed E-state index contributed by atoms with van der Waals surface area (Å²) in [5.41, 5.74) is 3.74. The highest BCUT2D eigenvalue weighted by atomic mass is 19.3. The average Bonchev–Trinajstić information content (AvgIpc) is 1.96. The lowest BCUT2D eigenvalue weighted by Gasteiger charge is -2.46. The largest absolute Gasteiger partial charge is 0.444 e. The van der Waals surface area contributed by atoms with Crippen LogP contribution in [0.15, 0.2) is 0 Å². The normalized spacial score (nSPS) is 22.1. The van der Waals surface area contributed by atoms with Gasteiger partial charge in [-0.2, -0.15) is 0 Å². The fourth-order valence-electron chi connectivity index (χ4n) is 1.74. The summed E-state index contributed by atoms with van der Waals surface area (Å²) < 4.78 is 30.5. The number of carbonyl (C=O) groups excluding carboxylic acids is 1. The molecule has 0 aromatic carbocycles. The topological polar surface area (TPSA) is 64.3 Å². The van der Waals surface area contributed by atoms with Gasteiger partial charge in [0.1, 0.15) is 5.60 Å². The third-order valence-electron chi connectivity index (χ3n) is 2.35. The molecule has 0 unspecified atom stereocenters. The van der Waals surface area contributed by atoms with Crippen LogP contribution in [0.5, 0.6) is 0 Å². The molecule has 3 N–H and O–H groups in total. The van der Waals surface area contributed by atoms with Crippen LogP contribution in [0.4, 0.5) is 13.6 Å². The standard InChI is InChI=1S/C10H18F2N2O2/c1-8(2,3)16-7(15)14-9(6-13)4-10(11,12)5-9/h4-6,13H2,1-3H3,(H,14,15). The van der Waals surface area contributed by atoms with Gasteiger partial charge in [-0.1, -0.05) is 0 Å². The van der Waals surface area contributed by atoms with Crippen molar-refractivity contribution in [2.75, 3.05) is 6.54 Å². The van der Waals surface area contributed by atoms with Gasteiger partial charge in [0.15, 0.2) is 0 Å². The Bertz CT molecular complexity index is 279. The van der Waals surface area contributed by atoms with Crippen LogP contribution >= 0.6 is 0 Å². The Morgan fingerprint density at radius 1 is 1.44 bits per heavy atom. The molecule has 1 saturated carbocycles. The molecule has 0 aromatic heterocycles. The van der Waals surface area contributed by atoms with Gasteiger partial charge in [0, 0.05) is 19.4 Å². The SMILES string of the molecule is CC(C)(C)OC(=O)NC1(CN)CC(F)(F)C1. The Balaban J connectivity index is 2.50. The number of nitrogens with one attached hydrogen (secondary N) is 1. The molecule has 0 bridgehead atoms. The van der Waals surface area contributed by atoms with Gasteiger partial charge in [-0.15, -0.1) is 0 Å². The molecule has 4 nitrogen and oxygen atoms in total. The monoisotopic (exact) mass is 236 g/mol. The van der Waals surface area contributed by atoms with Crippen LogP contribution in [0.2, 0.25) is 0 Å². The Morgan fingerprint density at radius 2 is 1.94 bits per heavy atom. The lowest BCUT2D eigenvalue weighted by molar-refractivity contribution is -0.129. The number of carbonyl (C=O) groups is 1. The number of ether oxygens (including phenoxy) is 1. The maximum atomic E-state index is 12.8. The summed E-state index contributed by atoms with van der Waals surface area (Å²) in [7, 11) is 0. The van der Waals surface area contributed by atoms with Crippen molar-refractivity contribution in [1.29, 1.82) is 0 Å². The molecule has 1 fully saturated rings. The van der Waals surface area contributed by atoms with Crippen molar-refractivity contribution in [3.8, 4) is 0 Å². The summed E-state index contributed by atoms with van der Waals surface area (Å²) in [5, 5.41) is 2.43. The van der Waals surface area contributed by atoms with E-state index < -0.39 is 36.0 Å². The average molecular weight is 236 g/mol. The van der Waals surface area contributed by atoms with E-state index in [-0.39, 0.29) is 6.54 Å². The highest BCUT2D eigenvalue weighted by Crippen LogP contribution is 2.45. The molecule has 1 rings (SSSR count). The lowest BCUT2D eigenvalue weighted by atomic mass is 9.73. The van der Waals surface area contributed by atoms with Gasteiger partial charge < -0.3 is 15.8 Å². The Morgan fingerprint density at radius 3 is 2.25 bits per heavy atom. The van der Waals surface area contributed by atoms with Crippen molar-refractivity contribution >= 4 is 6.09 Å². The summed E-state index contributed by atoms with van der Waals surface area (Å²) in [4.78, 5) is 11.4. The van der Waals surface area contributed by atoms with Crippen LogP contribution in [0.25, 0.3) is 0 Å². The van der Waals surface area contributed by atoms with Gasteiger partial charge >= 0.3 is 6.09 Å². The van der Waals surface area contributed by atoms with E-state index in [1.165, 1.54) is 0 Å². The van der Waals surface area contributed by atoms with Gasteiger partial charge in [0.25, 0.3) is 5.92 Å². The summed E-state index contributed by atoms with van der Waals surface area (Å²) in [5.74, 6) is -2.73. The Kier molecular flexibility index (Phi) is 3.15. The Labute approximate surface area is 93.5 Å². The fourth-order valence-corrected chi connectivity index (χ4v) is 1.74. The predicted molar refractivity (Wildman–Crippen MR) is 55.3 cm³/mol. The summed E-state index contributed by atoms with van der Waals surface area (Å²) in [6, 6.07) is 0. The van der Waals surface area contributed by atoms with Crippen molar-refractivity contribution in [1.82, 2.24) is 5.32 Å². The predicted octanol–water partition coefficient (Wildman–Crippen LogP) is 1.64. The van der Waals surface area contributed by atoms with Gasteiger partial charge in [0.05, 0.1) is 5.54 Å². The van der Waals surface area contributed by atoms with Gasteiger partial charge in [-0.3, -0.25) is 0 Å². The zero-order valence-corrected chi connectivity index (χ0v) is 9.77. The number of hydrogen-bond donors (Lipinski definition) is 2. The molecule has 0 heterocycles. The molecule has 0 aromatic rings. The molecular formula is C10H18F2N2O2. The van der Waals surface area contributed by atoms with Gasteiger partial charge in [0.2, 0.25) is 0 Å². The molecule has 0 saturated heterocycles. The minimum atomic E-state index is -2.73. The molecule has 1 aliphatic rings. The van der Waals surface area contributed by atoms with Crippen LogP contribution in [-0.2, 0) is 4.74 Å². The number of amides is 1. The zero-order chi connectivity index (χ0) is 12.6. The summed E-state index contributed by atoms with van der Waals surface area (Å²) in [6.07, 6.45) is -1.54. The number of alkyl carbamates (subject to hydrolysis) is 1. The third-order valence-corrected chi connectivity index (χ3v) is 2.35. The molecule has 94 valence electrons. The van der Waals surface area contributed by atoms with Crippen LogP contribution in [0.1, 0.15) is 33.6 Å². The first-order valence-corrected chi connectivity index (χ1v) is 5.17. The molecular weight excluding hydrogens is 218 g/mol. The molecule has 0 radical (unpaired) electrons. The first kappa shape index (κ1) is 13.2. The Hall–Kier alpha value is -0.910. The minimum absolute atomic E-state index is 0.0121. The number of halogens is 2. The second kappa shape index (κ2) is 3.84. The second-order valence-corrected chi connectivity index (χ2v) is 5.32. The van der Waals surface area contributed by atoms with E-state index in [1.807, 2.05) is 0 Å². The quantitative estimate of drug-likeness (QED) is 0.766. The van der Waals surface area contributed by atoms with Crippen LogP contribution < -0.4 is 11.1 Å². The van der Waals surface area contributed by atoms with Gasteiger partial charge in [-0.05, 0) is 20.8 Å². The smallest absolute Gasteiger partial charge is 0.408 e. The van der Waals surface area contributed by atoms with Crippen molar-refractivity contribution in [2.45, 2.75) is 50.7 Å². The van der Waals surface area contributed by atoms with Crippen molar-refractivity contribution < 1.29 is 18.3 Å². The maximum absolute atomic E-state index is 12.8. The third kappa shape index (κ3) is 3.30. The van der Waals surface area contributed by atoms with Crippen LogP contribution in [0, 0.1) is 0 Å². The van der Waals surface area contributed by atoms with E-state index >= 15 is 0 Å². The number of hydrogen-bond acceptors (Lipinski definition) is 3. The summed E-state index contributed by atoms with van der Waals surface area (Å²) >= 11 is 0. The number of nitrogens with two attached hydrogens (primary N) is 1. The van der Waals surface area contributed by atoms with Crippen LogP contribution in [-0.4, -0.2) is 29.7 Å². The first-order valence-electron chi connectivity index (χ1n) is 5.17. The molecule has 6 heteroatoms. The molecule has 0 spiro atoms. The molecule has 0 atom stereocenters. The van der Waals surface area contributed by atoms with E-state index in [4.69, 9.17) is 10.5 Å². The van der Waals surface area contributed by atoms with E-state index in [0.29, 0.717) is 0 Å². The number of rotatable bonds is 2. The highest BCUT2D eigenvalue weighted by Gasteiger charge is 2.57. The molecule has 0 aliphatic heterocycles. The molecule has 1 aliphatic carbocycles. The minimum Gasteiger partial charge on any atom is -0.444 e. The van der Waals surface area contributed by atoms with Crippen LogP contribution in [0.3, 0.4) is 0 Å². The van der Waals surface area contributed by atoms with E-state index in [1.54, 1.807) is 20.8 Å². The highest BCUT2D eigenvalue weighted by molar-refractivity contribution is 5.69. The maximum Gasteiger partial charge on any atom is 0.408 e. The van der Waals surface area contributed by atoms with Gasteiger partial charge in [-0.25, -0.2) is 13.6 Å². The van der Waals surface area contributed by atoms with E-state index in [0.717, 1.165) is 0 Å². The van der Waals surface area contributed by atoms with Crippen molar-refractivity contribution in [3.63, 3.8) is 0 Å². The van der Waals surface area contributed by atoms with Crippen molar-refractivity contribution in [2.24, 2.45) is 5.73 Å². The van der Waals surface area contributed by atoms with Crippen molar-refractivity contribution in [3.05, 3.63) is 0 Å². The summed E-state index contributed by atoms with van der Waals surface area (Å²) in [6.45, 7) is 5.10. The first-order chi connectivity index (χ1) is 7.08. The zero-order valence-electron chi connectivity index (χ0n) is 9.77. The van der Waals surface area contributed by atoms with E-state index in [9.17, 15) is 13.6 Å². The fraction of sp³-hybridized carbons (Fsp3) is 0.900. The molecule has 1 amide bonds.